The average molecular weight is 206 g/mol. The first kappa shape index (κ1) is 10.5. The van der Waals surface area contributed by atoms with E-state index in [1.165, 1.54) is 0 Å². The second-order valence-electron chi connectivity index (χ2n) is 3.30. The monoisotopic (exact) mass is 206 g/mol. The lowest BCUT2D eigenvalue weighted by atomic mass is 10.5. The predicted octanol–water partition coefficient (Wildman–Crippen LogP) is 0.374. The van der Waals surface area contributed by atoms with Gasteiger partial charge < -0.3 is 4.74 Å². The molecule has 0 aromatic carbocycles. The standard InChI is InChI=1S/C8H14O4S/c1-2-12-8(9)6-13(10,11)5-7-3-4-7/h7H,2-6H2,1H3. The Morgan fingerprint density at radius 1 is 1.46 bits per heavy atom. The normalized spacial score (nSPS) is 17.0. The highest BCUT2D eigenvalue weighted by Gasteiger charge is 2.29. The third-order valence-electron chi connectivity index (χ3n) is 1.83. The zero-order valence-electron chi connectivity index (χ0n) is 7.65. The van der Waals surface area contributed by atoms with Gasteiger partial charge in [0, 0.05) is 0 Å². The minimum Gasteiger partial charge on any atom is -0.465 e. The first-order chi connectivity index (χ1) is 6.03. The summed E-state index contributed by atoms with van der Waals surface area (Å²) in [4.78, 5) is 10.9. The van der Waals surface area contributed by atoms with Crippen LogP contribution < -0.4 is 0 Å². The molecule has 1 saturated carbocycles. The minimum atomic E-state index is -3.21. The Bertz CT molecular complexity index is 277. The van der Waals surface area contributed by atoms with Gasteiger partial charge >= 0.3 is 5.97 Å². The molecule has 0 bridgehead atoms. The quantitative estimate of drug-likeness (QED) is 0.610. The molecule has 1 rings (SSSR count). The van der Waals surface area contributed by atoms with Crippen LogP contribution in [0.1, 0.15) is 19.8 Å². The lowest BCUT2D eigenvalue weighted by Gasteiger charge is -2.02. The molecule has 1 aliphatic carbocycles. The average Bonchev–Trinajstić information content (AvgIpc) is 2.69. The van der Waals surface area contributed by atoms with E-state index in [-0.39, 0.29) is 12.4 Å². The van der Waals surface area contributed by atoms with Gasteiger partial charge in [0.1, 0.15) is 5.75 Å². The molecule has 0 unspecified atom stereocenters. The van der Waals surface area contributed by atoms with Crippen molar-refractivity contribution in [3.8, 4) is 0 Å². The molecule has 0 atom stereocenters. The summed E-state index contributed by atoms with van der Waals surface area (Å²) in [6.07, 6.45) is 1.95. The fraction of sp³-hybridized carbons (Fsp3) is 0.875. The van der Waals surface area contributed by atoms with Crippen molar-refractivity contribution in [2.45, 2.75) is 19.8 Å². The maximum absolute atomic E-state index is 11.3. The lowest BCUT2D eigenvalue weighted by molar-refractivity contribution is -0.139. The number of ether oxygens (including phenoxy) is 1. The van der Waals surface area contributed by atoms with Gasteiger partial charge in [-0.2, -0.15) is 0 Å². The van der Waals surface area contributed by atoms with Crippen molar-refractivity contribution in [3.05, 3.63) is 0 Å². The largest absolute Gasteiger partial charge is 0.465 e. The van der Waals surface area contributed by atoms with Crippen molar-refractivity contribution in [3.63, 3.8) is 0 Å². The zero-order chi connectivity index (χ0) is 9.90. The zero-order valence-corrected chi connectivity index (χ0v) is 8.47. The maximum Gasteiger partial charge on any atom is 0.321 e. The van der Waals surface area contributed by atoms with Crippen LogP contribution in [0.25, 0.3) is 0 Å². The summed E-state index contributed by atoms with van der Waals surface area (Å²) in [5, 5.41) is 0. The van der Waals surface area contributed by atoms with Crippen molar-refractivity contribution in [1.29, 1.82) is 0 Å². The number of carbonyl (C=O) groups excluding carboxylic acids is 1. The highest BCUT2D eigenvalue weighted by molar-refractivity contribution is 7.92. The third-order valence-corrected chi connectivity index (χ3v) is 3.48. The fourth-order valence-corrected chi connectivity index (χ4v) is 2.70. The molecule has 0 aromatic rings. The van der Waals surface area contributed by atoms with Crippen molar-refractivity contribution in [1.82, 2.24) is 0 Å². The van der Waals surface area contributed by atoms with E-state index < -0.39 is 21.6 Å². The molecule has 13 heavy (non-hydrogen) atoms. The predicted molar refractivity (Wildman–Crippen MR) is 48.0 cm³/mol. The van der Waals surface area contributed by atoms with E-state index in [1.54, 1.807) is 6.92 Å². The summed E-state index contributed by atoms with van der Waals surface area (Å²) < 4.78 is 27.1. The molecule has 4 nitrogen and oxygen atoms in total. The van der Waals surface area contributed by atoms with Gasteiger partial charge in [0.25, 0.3) is 0 Å². The van der Waals surface area contributed by atoms with E-state index in [2.05, 4.69) is 4.74 Å². The fourth-order valence-electron chi connectivity index (χ4n) is 1.08. The van der Waals surface area contributed by atoms with Crippen LogP contribution in [0.15, 0.2) is 0 Å². The Morgan fingerprint density at radius 3 is 2.54 bits per heavy atom. The number of sulfone groups is 1. The van der Waals surface area contributed by atoms with Crippen molar-refractivity contribution in [2.24, 2.45) is 5.92 Å². The summed E-state index contributed by atoms with van der Waals surface area (Å²) in [5.41, 5.74) is 0. The lowest BCUT2D eigenvalue weighted by Crippen LogP contribution is -2.21. The second-order valence-corrected chi connectivity index (χ2v) is 5.41. The Hall–Kier alpha value is -0.580. The number of hydrogen-bond donors (Lipinski definition) is 0. The molecule has 0 N–H and O–H groups in total. The van der Waals surface area contributed by atoms with E-state index in [9.17, 15) is 13.2 Å². The third kappa shape index (κ3) is 4.26. The summed E-state index contributed by atoms with van der Waals surface area (Å²) in [6, 6.07) is 0. The van der Waals surface area contributed by atoms with Gasteiger partial charge in [0.2, 0.25) is 0 Å². The molecular weight excluding hydrogens is 192 g/mol. The number of esters is 1. The molecule has 0 heterocycles. The first-order valence-corrected chi connectivity index (χ1v) is 6.21. The number of rotatable bonds is 5. The minimum absolute atomic E-state index is 0.145. The van der Waals surface area contributed by atoms with Crippen LogP contribution in [0.5, 0.6) is 0 Å². The molecule has 0 saturated heterocycles. The second kappa shape index (κ2) is 4.09. The van der Waals surface area contributed by atoms with Gasteiger partial charge in [-0.3, -0.25) is 4.79 Å². The Balaban J connectivity index is 2.36. The van der Waals surface area contributed by atoms with E-state index in [4.69, 9.17) is 0 Å². The van der Waals surface area contributed by atoms with E-state index in [1.807, 2.05) is 0 Å². The Labute approximate surface area is 78.2 Å². The molecule has 0 amide bonds. The van der Waals surface area contributed by atoms with Gasteiger partial charge in [-0.1, -0.05) is 0 Å². The molecule has 1 aliphatic rings. The molecule has 0 spiro atoms. The summed E-state index contributed by atoms with van der Waals surface area (Å²) in [7, 11) is -3.21. The van der Waals surface area contributed by atoms with Crippen molar-refractivity contribution < 1.29 is 17.9 Å². The molecule has 0 radical (unpaired) electrons. The van der Waals surface area contributed by atoms with Crippen molar-refractivity contribution in [2.75, 3.05) is 18.1 Å². The van der Waals surface area contributed by atoms with Crippen LogP contribution in [0, 0.1) is 5.92 Å². The SMILES string of the molecule is CCOC(=O)CS(=O)(=O)CC1CC1. The summed E-state index contributed by atoms with van der Waals surface area (Å²) in [6.45, 7) is 1.89. The van der Waals surface area contributed by atoms with Gasteiger partial charge in [-0.15, -0.1) is 0 Å². The topological polar surface area (TPSA) is 60.4 Å². The van der Waals surface area contributed by atoms with Gasteiger partial charge in [0.15, 0.2) is 9.84 Å². The molecular formula is C8H14O4S. The van der Waals surface area contributed by atoms with E-state index in [0.717, 1.165) is 12.8 Å². The van der Waals surface area contributed by atoms with Crippen LogP contribution in [-0.2, 0) is 19.4 Å². The van der Waals surface area contributed by atoms with Crippen LogP contribution in [-0.4, -0.2) is 32.5 Å². The maximum atomic E-state index is 11.3. The molecule has 76 valence electrons. The van der Waals surface area contributed by atoms with Crippen LogP contribution in [0.3, 0.4) is 0 Å². The number of hydrogen-bond acceptors (Lipinski definition) is 4. The molecule has 0 aromatic heterocycles. The molecule has 1 fully saturated rings. The molecule has 5 heteroatoms. The van der Waals surface area contributed by atoms with E-state index in [0.29, 0.717) is 5.92 Å². The van der Waals surface area contributed by atoms with Gasteiger partial charge in [-0.25, -0.2) is 8.42 Å². The molecule has 0 aliphatic heterocycles. The highest BCUT2D eigenvalue weighted by atomic mass is 32.2. The summed E-state index contributed by atoms with van der Waals surface area (Å²) in [5.74, 6) is -0.661. The van der Waals surface area contributed by atoms with Gasteiger partial charge in [0.05, 0.1) is 12.4 Å². The van der Waals surface area contributed by atoms with E-state index >= 15 is 0 Å². The first-order valence-electron chi connectivity index (χ1n) is 4.39. The Morgan fingerprint density at radius 2 is 2.08 bits per heavy atom. The van der Waals surface area contributed by atoms with Gasteiger partial charge in [-0.05, 0) is 25.7 Å². The number of carbonyl (C=O) groups is 1. The summed E-state index contributed by atoms with van der Waals surface area (Å²) >= 11 is 0. The smallest absolute Gasteiger partial charge is 0.321 e. The Kier molecular flexibility index (Phi) is 3.30. The highest BCUT2D eigenvalue weighted by Crippen LogP contribution is 2.30. The van der Waals surface area contributed by atoms with Crippen LogP contribution >= 0.6 is 0 Å². The van der Waals surface area contributed by atoms with Crippen LogP contribution in [0.2, 0.25) is 0 Å². The van der Waals surface area contributed by atoms with Crippen molar-refractivity contribution >= 4 is 15.8 Å². The van der Waals surface area contributed by atoms with Crippen LogP contribution in [0.4, 0.5) is 0 Å².